The first-order valence-electron chi connectivity index (χ1n) is 7.19. The van der Waals surface area contributed by atoms with Gasteiger partial charge in [-0.05, 0) is 50.6 Å². The largest absolute Gasteiger partial charge is 0.496 e. The fourth-order valence-corrected chi connectivity index (χ4v) is 2.33. The van der Waals surface area contributed by atoms with Crippen molar-refractivity contribution in [3.05, 3.63) is 29.3 Å². The van der Waals surface area contributed by atoms with Gasteiger partial charge in [0.25, 0.3) is 0 Å². The summed E-state index contributed by atoms with van der Waals surface area (Å²) in [7, 11) is 1.70. The molecule has 0 heterocycles. The average Bonchev–Trinajstić information content (AvgIpc) is 2.39. The van der Waals surface area contributed by atoms with E-state index in [1.807, 2.05) is 12.1 Å². The summed E-state index contributed by atoms with van der Waals surface area (Å²) in [5.41, 5.74) is 2.10. The second kappa shape index (κ2) is 8.18. The summed E-state index contributed by atoms with van der Waals surface area (Å²) in [5.74, 6) is 0.904. The summed E-state index contributed by atoms with van der Waals surface area (Å²) in [4.78, 5) is 2.43. The fourth-order valence-electron chi connectivity index (χ4n) is 2.33. The van der Waals surface area contributed by atoms with Gasteiger partial charge in [-0.25, -0.2) is 0 Å². The van der Waals surface area contributed by atoms with Gasteiger partial charge in [0.05, 0.1) is 13.2 Å². The van der Waals surface area contributed by atoms with Crippen LogP contribution in [0.4, 0.5) is 0 Å². The zero-order valence-electron chi connectivity index (χ0n) is 12.6. The molecule has 1 atom stereocenters. The Morgan fingerprint density at radius 1 is 1.21 bits per heavy atom. The maximum atomic E-state index is 9.70. The summed E-state index contributed by atoms with van der Waals surface area (Å²) in [6.07, 6.45) is 1.87. The standard InChI is InChI=1S/C16H27NO2/c1-5-9-17(10-6-2)12-15-11-14(13(3)18)7-8-16(15)19-4/h7-8,11,13,18H,5-6,9-10,12H2,1-4H3. The summed E-state index contributed by atoms with van der Waals surface area (Å²) < 4.78 is 5.43. The molecule has 19 heavy (non-hydrogen) atoms. The minimum atomic E-state index is -0.435. The van der Waals surface area contributed by atoms with Crippen molar-refractivity contribution in [2.75, 3.05) is 20.2 Å². The molecule has 0 aliphatic heterocycles. The van der Waals surface area contributed by atoms with Crippen molar-refractivity contribution in [2.45, 2.75) is 46.3 Å². The molecular formula is C16H27NO2. The van der Waals surface area contributed by atoms with Gasteiger partial charge in [0.15, 0.2) is 0 Å². The number of hydrogen-bond donors (Lipinski definition) is 1. The van der Waals surface area contributed by atoms with Gasteiger partial charge in [-0.1, -0.05) is 19.9 Å². The van der Waals surface area contributed by atoms with Gasteiger partial charge >= 0.3 is 0 Å². The molecule has 0 aliphatic rings. The van der Waals surface area contributed by atoms with Gasteiger partial charge in [0.2, 0.25) is 0 Å². The third-order valence-corrected chi connectivity index (χ3v) is 3.26. The molecule has 0 aliphatic carbocycles. The molecule has 1 aromatic carbocycles. The van der Waals surface area contributed by atoms with E-state index in [1.165, 1.54) is 0 Å². The minimum Gasteiger partial charge on any atom is -0.496 e. The Morgan fingerprint density at radius 3 is 2.32 bits per heavy atom. The number of ether oxygens (including phenoxy) is 1. The van der Waals surface area contributed by atoms with Crippen LogP contribution in [-0.4, -0.2) is 30.2 Å². The molecule has 0 saturated heterocycles. The molecule has 0 saturated carbocycles. The fraction of sp³-hybridized carbons (Fsp3) is 0.625. The van der Waals surface area contributed by atoms with E-state index in [4.69, 9.17) is 4.74 Å². The van der Waals surface area contributed by atoms with Crippen LogP contribution in [0.5, 0.6) is 5.75 Å². The summed E-state index contributed by atoms with van der Waals surface area (Å²) in [6, 6.07) is 5.94. The normalized spacial score (nSPS) is 12.7. The van der Waals surface area contributed by atoms with Crippen molar-refractivity contribution in [3.63, 3.8) is 0 Å². The highest BCUT2D eigenvalue weighted by Crippen LogP contribution is 2.24. The van der Waals surface area contributed by atoms with E-state index < -0.39 is 6.10 Å². The van der Waals surface area contributed by atoms with E-state index >= 15 is 0 Å². The number of benzene rings is 1. The SMILES string of the molecule is CCCN(CCC)Cc1cc(C(C)O)ccc1OC. The Balaban J connectivity index is 2.91. The molecule has 1 N–H and O–H groups in total. The van der Waals surface area contributed by atoms with Gasteiger partial charge in [-0.2, -0.15) is 0 Å². The van der Waals surface area contributed by atoms with Gasteiger partial charge in [-0.15, -0.1) is 0 Å². The van der Waals surface area contributed by atoms with E-state index in [-0.39, 0.29) is 0 Å². The van der Waals surface area contributed by atoms with Gasteiger partial charge in [0.1, 0.15) is 5.75 Å². The second-order valence-electron chi connectivity index (χ2n) is 5.02. The molecule has 3 heteroatoms. The molecule has 1 rings (SSSR count). The van der Waals surface area contributed by atoms with Crippen LogP contribution in [0.15, 0.2) is 18.2 Å². The molecule has 3 nitrogen and oxygen atoms in total. The molecule has 0 spiro atoms. The Kier molecular flexibility index (Phi) is 6.89. The summed E-state index contributed by atoms with van der Waals surface area (Å²) >= 11 is 0. The van der Waals surface area contributed by atoms with Crippen LogP contribution < -0.4 is 4.74 Å². The molecule has 0 aromatic heterocycles. The molecule has 108 valence electrons. The summed E-state index contributed by atoms with van der Waals surface area (Å²) in [6.45, 7) is 9.26. The quantitative estimate of drug-likeness (QED) is 0.782. The third-order valence-electron chi connectivity index (χ3n) is 3.26. The molecule has 0 amide bonds. The maximum absolute atomic E-state index is 9.70. The van der Waals surface area contributed by atoms with Crippen LogP contribution in [0.2, 0.25) is 0 Å². The Morgan fingerprint density at radius 2 is 1.84 bits per heavy atom. The third kappa shape index (κ3) is 4.84. The van der Waals surface area contributed by atoms with Crippen LogP contribution >= 0.6 is 0 Å². The molecule has 1 aromatic rings. The van der Waals surface area contributed by atoms with Crippen molar-refractivity contribution in [1.29, 1.82) is 0 Å². The van der Waals surface area contributed by atoms with E-state index in [0.29, 0.717) is 0 Å². The van der Waals surface area contributed by atoms with Crippen LogP contribution in [0.3, 0.4) is 0 Å². The minimum absolute atomic E-state index is 0.435. The monoisotopic (exact) mass is 265 g/mol. The number of aliphatic hydroxyl groups excluding tert-OH is 1. The van der Waals surface area contributed by atoms with Crippen molar-refractivity contribution in [2.24, 2.45) is 0 Å². The molecule has 0 fully saturated rings. The lowest BCUT2D eigenvalue weighted by Gasteiger charge is -2.23. The first kappa shape index (κ1) is 16.0. The van der Waals surface area contributed by atoms with Gasteiger partial charge in [0, 0.05) is 12.1 Å². The van der Waals surface area contributed by atoms with E-state index in [1.54, 1.807) is 14.0 Å². The maximum Gasteiger partial charge on any atom is 0.123 e. The molecule has 0 radical (unpaired) electrons. The molecule has 1 unspecified atom stereocenters. The number of aliphatic hydroxyl groups is 1. The molecule has 0 bridgehead atoms. The predicted molar refractivity (Wildman–Crippen MR) is 79.5 cm³/mol. The first-order chi connectivity index (χ1) is 9.12. The first-order valence-corrected chi connectivity index (χ1v) is 7.19. The van der Waals surface area contributed by atoms with Crippen LogP contribution in [0, 0.1) is 0 Å². The van der Waals surface area contributed by atoms with Crippen molar-refractivity contribution >= 4 is 0 Å². The van der Waals surface area contributed by atoms with E-state index in [2.05, 4.69) is 24.8 Å². The zero-order chi connectivity index (χ0) is 14.3. The highest BCUT2D eigenvalue weighted by molar-refractivity contribution is 5.38. The number of rotatable bonds is 8. The van der Waals surface area contributed by atoms with Gasteiger partial charge < -0.3 is 9.84 Å². The van der Waals surface area contributed by atoms with E-state index in [9.17, 15) is 5.11 Å². The lowest BCUT2D eigenvalue weighted by molar-refractivity contribution is 0.198. The Bertz CT molecular complexity index is 371. The lowest BCUT2D eigenvalue weighted by atomic mass is 10.1. The van der Waals surface area contributed by atoms with Crippen LogP contribution in [0.1, 0.15) is 50.8 Å². The van der Waals surface area contributed by atoms with E-state index in [0.717, 1.165) is 49.4 Å². The topological polar surface area (TPSA) is 32.7 Å². The Labute approximate surface area is 117 Å². The number of hydrogen-bond acceptors (Lipinski definition) is 3. The number of methoxy groups -OCH3 is 1. The second-order valence-corrected chi connectivity index (χ2v) is 5.02. The summed E-state index contributed by atoms with van der Waals surface area (Å²) in [5, 5.41) is 9.70. The lowest BCUT2D eigenvalue weighted by Crippen LogP contribution is -2.25. The van der Waals surface area contributed by atoms with Crippen molar-refractivity contribution < 1.29 is 9.84 Å². The molecular weight excluding hydrogens is 238 g/mol. The van der Waals surface area contributed by atoms with Gasteiger partial charge in [-0.3, -0.25) is 4.90 Å². The smallest absolute Gasteiger partial charge is 0.123 e. The highest BCUT2D eigenvalue weighted by atomic mass is 16.5. The zero-order valence-corrected chi connectivity index (χ0v) is 12.6. The predicted octanol–water partition coefficient (Wildman–Crippen LogP) is 3.37. The highest BCUT2D eigenvalue weighted by Gasteiger charge is 2.11. The van der Waals surface area contributed by atoms with Crippen molar-refractivity contribution in [1.82, 2.24) is 4.90 Å². The average molecular weight is 265 g/mol. The van der Waals surface area contributed by atoms with Crippen LogP contribution in [0.25, 0.3) is 0 Å². The Hall–Kier alpha value is -1.06. The van der Waals surface area contributed by atoms with Crippen molar-refractivity contribution in [3.8, 4) is 5.75 Å². The van der Waals surface area contributed by atoms with Crippen LogP contribution in [-0.2, 0) is 6.54 Å². The number of nitrogens with zero attached hydrogens (tertiary/aromatic N) is 1.